The van der Waals surface area contributed by atoms with Gasteiger partial charge < -0.3 is 10.1 Å². The van der Waals surface area contributed by atoms with Crippen molar-refractivity contribution < 1.29 is 14.3 Å². The molecule has 7 heteroatoms. The molecule has 1 fully saturated rings. The largest absolute Gasteiger partial charge is 0.465 e. The second-order valence-electron chi connectivity index (χ2n) is 4.32. The van der Waals surface area contributed by atoms with E-state index in [4.69, 9.17) is 23.2 Å². The summed E-state index contributed by atoms with van der Waals surface area (Å²) in [5.74, 6) is -0.777. The lowest BCUT2D eigenvalue weighted by molar-refractivity contribution is -0.120. The van der Waals surface area contributed by atoms with Crippen LogP contribution in [-0.2, 0) is 9.53 Å². The normalized spacial score (nSPS) is 24.4. The van der Waals surface area contributed by atoms with Crippen LogP contribution >= 0.6 is 34.5 Å². The number of carbonyl (C=O) groups is 2. The zero-order valence-corrected chi connectivity index (χ0v) is 12.1. The van der Waals surface area contributed by atoms with Gasteiger partial charge in [-0.25, -0.2) is 4.79 Å². The van der Waals surface area contributed by atoms with Crippen LogP contribution in [0.4, 0.5) is 5.69 Å². The first-order valence-electron chi connectivity index (χ1n) is 5.17. The topological polar surface area (TPSA) is 55.4 Å². The molecule has 0 aliphatic heterocycles. The first-order chi connectivity index (χ1) is 8.32. The van der Waals surface area contributed by atoms with Crippen LogP contribution in [0.2, 0.25) is 0 Å². The fourth-order valence-electron chi connectivity index (χ4n) is 1.56. The van der Waals surface area contributed by atoms with Crippen molar-refractivity contribution in [2.24, 2.45) is 5.41 Å². The van der Waals surface area contributed by atoms with Crippen molar-refractivity contribution in [3.05, 3.63) is 16.3 Å². The Morgan fingerprint density at radius 2 is 2.11 bits per heavy atom. The first kappa shape index (κ1) is 13.6. The first-order valence-corrected chi connectivity index (χ1v) is 6.80. The molecule has 0 aromatic carbocycles. The summed E-state index contributed by atoms with van der Waals surface area (Å²) in [5, 5.41) is 4.37. The van der Waals surface area contributed by atoms with Crippen molar-refractivity contribution in [2.75, 3.05) is 12.4 Å². The van der Waals surface area contributed by atoms with Gasteiger partial charge in [-0.15, -0.1) is 34.5 Å². The molecule has 98 valence electrons. The van der Waals surface area contributed by atoms with Crippen molar-refractivity contribution in [1.82, 2.24) is 0 Å². The molecule has 0 saturated heterocycles. The molecule has 1 N–H and O–H groups in total. The molecule has 2 rings (SSSR count). The Morgan fingerprint density at radius 1 is 1.50 bits per heavy atom. The standard InChI is InChI=1S/C11H11Cl2NO3S/c1-10(5-11(10,12)13)9(16)14-6-3-4-18-7(6)8(15)17-2/h3-4H,5H2,1-2H3,(H,14,16)/t10-/m0/s1. The van der Waals surface area contributed by atoms with E-state index in [2.05, 4.69) is 10.1 Å². The third-order valence-electron chi connectivity index (χ3n) is 3.04. The summed E-state index contributed by atoms with van der Waals surface area (Å²) in [6.07, 6.45) is 0.395. The highest BCUT2D eigenvalue weighted by atomic mass is 35.5. The Kier molecular flexibility index (Phi) is 3.34. The van der Waals surface area contributed by atoms with Crippen LogP contribution in [0.1, 0.15) is 23.0 Å². The maximum atomic E-state index is 12.0. The van der Waals surface area contributed by atoms with Crippen LogP contribution in [0, 0.1) is 5.41 Å². The maximum absolute atomic E-state index is 12.0. The summed E-state index contributed by atoms with van der Waals surface area (Å²) in [6.45, 7) is 1.69. The molecule has 1 aromatic heterocycles. The summed E-state index contributed by atoms with van der Waals surface area (Å²) in [4.78, 5) is 23.9. The number of halogens is 2. The van der Waals surface area contributed by atoms with E-state index in [1.54, 1.807) is 18.4 Å². The molecule has 4 nitrogen and oxygen atoms in total. The zero-order valence-electron chi connectivity index (χ0n) is 9.75. The predicted octanol–water partition coefficient (Wildman–Crippen LogP) is 3.06. The van der Waals surface area contributed by atoms with Crippen molar-refractivity contribution in [2.45, 2.75) is 17.7 Å². The molecular weight excluding hydrogens is 297 g/mol. The number of thiophene rings is 1. The Labute approximate surface area is 118 Å². The lowest BCUT2D eigenvalue weighted by atomic mass is 10.1. The Bertz CT molecular complexity index is 514. The minimum atomic E-state index is -1.03. The third kappa shape index (κ3) is 2.11. The summed E-state index contributed by atoms with van der Waals surface area (Å²) in [5.41, 5.74) is -0.389. The molecule has 18 heavy (non-hydrogen) atoms. The number of esters is 1. The van der Waals surface area contributed by atoms with E-state index in [0.29, 0.717) is 17.0 Å². The Hall–Kier alpha value is -0.780. The highest BCUT2D eigenvalue weighted by molar-refractivity contribution is 7.12. The number of hydrogen-bond donors (Lipinski definition) is 1. The smallest absolute Gasteiger partial charge is 0.350 e. The van der Waals surface area contributed by atoms with Gasteiger partial charge >= 0.3 is 5.97 Å². The van der Waals surface area contributed by atoms with Crippen molar-refractivity contribution in [3.63, 3.8) is 0 Å². The number of alkyl halides is 2. The maximum Gasteiger partial charge on any atom is 0.350 e. The van der Waals surface area contributed by atoms with Crippen molar-refractivity contribution in [3.8, 4) is 0 Å². The van der Waals surface area contributed by atoms with Crippen LogP contribution in [0.25, 0.3) is 0 Å². The van der Waals surface area contributed by atoms with Gasteiger partial charge in [0.15, 0.2) is 0 Å². The molecule has 0 unspecified atom stereocenters. The summed E-state index contributed by atoms with van der Waals surface area (Å²) in [6, 6.07) is 1.64. The summed E-state index contributed by atoms with van der Waals surface area (Å²) >= 11 is 13.1. The number of nitrogens with one attached hydrogen (secondary N) is 1. The molecule has 0 spiro atoms. The average Bonchev–Trinajstić information content (AvgIpc) is 2.66. The number of anilines is 1. The SMILES string of the molecule is COC(=O)c1sccc1NC(=O)[C@]1(C)CC1(Cl)Cl. The van der Waals surface area contributed by atoms with Crippen LogP contribution in [-0.4, -0.2) is 23.3 Å². The minimum Gasteiger partial charge on any atom is -0.465 e. The number of amides is 1. The van der Waals surface area contributed by atoms with Crippen LogP contribution in [0.15, 0.2) is 11.4 Å². The Balaban J connectivity index is 2.14. The Morgan fingerprint density at radius 3 is 2.61 bits per heavy atom. The lowest BCUT2D eigenvalue weighted by Gasteiger charge is -2.12. The van der Waals surface area contributed by atoms with Gasteiger partial charge in [0.25, 0.3) is 0 Å². The zero-order chi connectivity index (χ0) is 13.6. The van der Waals surface area contributed by atoms with Crippen LogP contribution in [0.5, 0.6) is 0 Å². The molecule has 1 saturated carbocycles. The molecular formula is C11H11Cl2NO3S. The fraction of sp³-hybridized carbons (Fsp3) is 0.455. The molecule has 1 atom stereocenters. The molecule has 1 heterocycles. The third-order valence-corrected chi connectivity index (χ3v) is 5.04. The van der Waals surface area contributed by atoms with E-state index in [1.807, 2.05) is 0 Å². The predicted molar refractivity (Wildman–Crippen MR) is 71.4 cm³/mol. The summed E-state index contributed by atoms with van der Waals surface area (Å²) < 4.78 is 3.60. The molecule has 0 bridgehead atoms. The minimum absolute atomic E-state index is 0.295. The van der Waals surface area contributed by atoms with Crippen molar-refractivity contribution in [1.29, 1.82) is 0 Å². The van der Waals surface area contributed by atoms with E-state index in [-0.39, 0.29) is 5.91 Å². The van der Waals surface area contributed by atoms with Gasteiger partial charge in [0.05, 0.1) is 18.2 Å². The number of rotatable bonds is 3. The molecule has 1 amide bonds. The van der Waals surface area contributed by atoms with Gasteiger partial charge in [-0.05, 0) is 24.8 Å². The highest BCUT2D eigenvalue weighted by Gasteiger charge is 2.67. The number of hydrogen-bond acceptors (Lipinski definition) is 4. The van der Waals surface area contributed by atoms with Crippen LogP contribution in [0.3, 0.4) is 0 Å². The van der Waals surface area contributed by atoms with Crippen LogP contribution < -0.4 is 5.32 Å². The molecule has 1 aromatic rings. The van der Waals surface area contributed by atoms with E-state index in [0.717, 1.165) is 0 Å². The van der Waals surface area contributed by atoms with Gasteiger partial charge in [-0.2, -0.15) is 0 Å². The molecule has 1 aliphatic rings. The quantitative estimate of drug-likeness (QED) is 0.690. The van der Waals surface area contributed by atoms with Gasteiger partial charge in [0, 0.05) is 0 Å². The van der Waals surface area contributed by atoms with Gasteiger partial charge in [-0.1, -0.05) is 0 Å². The van der Waals surface area contributed by atoms with E-state index >= 15 is 0 Å². The second-order valence-corrected chi connectivity index (χ2v) is 6.72. The van der Waals surface area contributed by atoms with E-state index < -0.39 is 15.7 Å². The lowest BCUT2D eigenvalue weighted by Crippen LogP contribution is -2.26. The number of carbonyl (C=O) groups excluding carboxylic acids is 2. The average molecular weight is 308 g/mol. The number of ether oxygens (including phenoxy) is 1. The fourth-order valence-corrected chi connectivity index (χ4v) is 3.04. The van der Waals surface area contributed by atoms with E-state index in [1.165, 1.54) is 18.4 Å². The number of methoxy groups -OCH3 is 1. The molecule has 1 aliphatic carbocycles. The van der Waals surface area contributed by atoms with Gasteiger partial charge in [-0.3, -0.25) is 4.79 Å². The molecule has 0 radical (unpaired) electrons. The summed E-state index contributed by atoms with van der Waals surface area (Å²) in [7, 11) is 1.29. The van der Waals surface area contributed by atoms with Crippen molar-refractivity contribution >= 4 is 52.1 Å². The van der Waals surface area contributed by atoms with Gasteiger partial charge in [0.1, 0.15) is 9.21 Å². The monoisotopic (exact) mass is 307 g/mol. The second kappa shape index (κ2) is 4.40. The van der Waals surface area contributed by atoms with E-state index in [9.17, 15) is 9.59 Å². The highest BCUT2D eigenvalue weighted by Crippen LogP contribution is 2.64. The van der Waals surface area contributed by atoms with Gasteiger partial charge in [0.2, 0.25) is 5.91 Å².